The van der Waals surface area contributed by atoms with E-state index < -0.39 is 17.8 Å². The van der Waals surface area contributed by atoms with Gasteiger partial charge in [-0.25, -0.2) is 4.39 Å². The lowest BCUT2D eigenvalue weighted by Crippen LogP contribution is -2.44. The standard InChI is InChI=1S/C24H23ClFN5O3/c1-12-7-18-15(10-28-12)23(24(27)34)29-30(18)11-21(33)31-17-8-14(17)9-19(31)20(32)6-5-13-3-2-4-16(25)22(13)26/h2-4,7,10,14,17,19H,5-6,8-9,11H2,1H3,(H2,27,34)/t14-,17-,19+/m1/s1. The Labute approximate surface area is 199 Å². The summed E-state index contributed by atoms with van der Waals surface area (Å²) in [4.78, 5) is 44.1. The predicted octanol–water partition coefficient (Wildman–Crippen LogP) is 2.82. The summed E-state index contributed by atoms with van der Waals surface area (Å²) < 4.78 is 15.7. The number of aromatic nitrogens is 3. The Morgan fingerprint density at radius 3 is 2.82 bits per heavy atom. The van der Waals surface area contributed by atoms with Gasteiger partial charge >= 0.3 is 0 Å². The molecule has 0 spiro atoms. The van der Waals surface area contributed by atoms with Crippen molar-refractivity contribution in [1.82, 2.24) is 19.7 Å². The number of rotatable bonds is 7. The van der Waals surface area contributed by atoms with Crippen molar-refractivity contribution in [3.8, 4) is 0 Å². The van der Waals surface area contributed by atoms with Crippen LogP contribution in [0.15, 0.2) is 30.5 Å². The van der Waals surface area contributed by atoms with Crippen LogP contribution in [-0.4, -0.2) is 49.3 Å². The molecule has 3 atom stereocenters. The number of halogens is 2. The second-order valence-electron chi connectivity index (χ2n) is 9.01. The molecule has 1 aliphatic heterocycles. The van der Waals surface area contributed by atoms with Crippen molar-refractivity contribution in [2.24, 2.45) is 11.7 Å². The first-order valence-corrected chi connectivity index (χ1v) is 11.5. The molecule has 8 nitrogen and oxygen atoms in total. The van der Waals surface area contributed by atoms with Crippen LogP contribution in [0.25, 0.3) is 10.9 Å². The van der Waals surface area contributed by atoms with Crippen LogP contribution >= 0.6 is 11.6 Å². The van der Waals surface area contributed by atoms with E-state index in [1.54, 1.807) is 30.0 Å². The lowest BCUT2D eigenvalue weighted by atomic mass is 10.00. The number of piperidine rings is 1. The van der Waals surface area contributed by atoms with Crippen LogP contribution in [0.2, 0.25) is 5.02 Å². The molecule has 176 valence electrons. The molecule has 2 fully saturated rings. The maximum atomic E-state index is 14.2. The number of aryl methyl sites for hydroxylation is 2. The smallest absolute Gasteiger partial charge is 0.269 e. The number of hydrogen-bond donors (Lipinski definition) is 1. The monoisotopic (exact) mass is 483 g/mol. The Kier molecular flexibility index (Phi) is 5.59. The molecule has 1 saturated heterocycles. The highest BCUT2D eigenvalue weighted by molar-refractivity contribution is 6.30. The van der Waals surface area contributed by atoms with Crippen LogP contribution in [0.1, 0.15) is 41.0 Å². The number of Topliss-reactive ketones (excluding diaryl/α,β-unsaturated/α-hetero) is 1. The summed E-state index contributed by atoms with van der Waals surface area (Å²) in [5, 5.41) is 4.76. The molecule has 1 aliphatic carbocycles. The highest BCUT2D eigenvalue weighted by Crippen LogP contribution is 2.48. The first kappa shape index (κ1) is 22.5. The molecule has 3 aromatic rings. The third-order valence-electron chi connectivity index (χ3n) is 6.73. The minimum atomic E-state index is -0.702. The number of benzene rings is 1. The fourth-order valence-electron chi connectivity index (χ4n) is 4.95. The van der Waals surface area contributed by atoms with Crippen molar-refractivity contribution in [2.45, 2.75) is 51.2 Å². The molecule has 10 heteroatoms. The molecule has 0 unspecified atom stereocenters. The molecule has 1 aromatic carbocycles. The van der Waals surface area contributed by atoms with E-state index in [9.17, 15) is 18.8 Å². The number of nitrogens with zero attached hydrogens (tertiary/aromatic N) is 4. The van der Waals surface area contributed by atoms with Gasteiger partial charge in [0.05, 0.1) is 22.0 Å². The van der Waals surface area contributed by atoms with Gasteiger partial charge in [-0.1, -0.05) is 23.7 Å². The SMILES string of the molecule is Cc1cc2c(cn1)c(C(N)=O)nn2CC(=O)N1[C@@H]2C[C@@H]2C[C@H]1C(=O)CCc1cccc(Cl)c1F. The summed E-state index contributed by atoms with van der Waals surface area (Å²) in [6.45, 7) is 1.68. The van der Waals surface area contributed by atoms with Crippen molar-refractivity contribution in [2.75, 3.05) is 0 Å². The fraction of sp³-hybridized carbons (Fsp3) is 0.375. The molecular weight excluding hydrogens is 461 g/mol. The lowest BCUT2D eigenvalue weighted by molar-refractivity contribution is -0.139. The van der Waals surface area contributed by atoms with Gasteiger partial charge in [-0.2, -0.15) is 5.10 Å². The van der Waals surface area contributed by atoms with E-state index in [4.69, 9.17) is 17.3 Å². The number of carbonyl (C=O) groups is 3. The Bertz CT molecular complexity index is 1340. The molecule has 3 heterocycles. The number of amides is 2. The zero-order valence-electron chi connectivity index (χ0n) is 18.5. The van der Waals surface area contributed by atoms with Gasteiger partial charge in [-0.05, 0) is 49.8 Å². The van der Waals surface area contributed by atoms with Gasteiger partial charge in [0.2, 0.25) is 5.91 Å². The number of likely N-dealkylation sites (tertiary alicyclic amines) is 1. The van der Waals surface area contributed by atoms with Crippen LogP contribution in [0.4, 0.5) is 4.39 Å². The van der Waals surface area contributed by atoms with Gasteiger partial charge in [0.1, 0.15) is 12.4 Å². The van der Waals surface area contributed by atoms with E-state index in [0.29, 0.717) is 34.5 Å². The highest BCUT2D eigenvalue weighted by Gasteiger charge is 2.55. The summed E-state index contributed by atoms with van der Waals surface area (Å²) in [5.41, 5.74) is 7.19. The van der Waals surface area contributed by atoms with Crippen molar-refractivity contribution >= 4 is 40.1 Å². The molecule has 2 aliphatic rings. The van der Waals surface area contributed by atoms with E-state index in [2.05, 4.69) is 10.1 Å². The van der Waals surface area contributed by atoms with Gasteiger partial charge in [-0.3, -0.25) is 24.0 Å². The molecule has 2 N–H and O–H groups in total. The fourth-order valence-corrected chi connectivity index (χ4v) is 5.14. The molecule has 2 amide bonds. The molecule has 34 heavy (non-hydrogen) atoms. The second kappa shape index (κ2) is 8.47. The Balaban J connectivity index is 1.34. The van der Waals surface area contributed by atoms with E-state index in [1.165, 1.54) is 16.9 Å². The van der Waals surface area contributed by atoms with Crippen LogP contribution in [0, 0.1) is 18.7 Å². The maximum Gasteiger partial charge on any atom is 0.269 e. The third kappa shape index (κ3) is 3.94. The van der Waals surface area contributed by atoms with Crippen molar-refractivity contribution in [1.29, 1.82) is 0 Å². The highest BCUT2D eigenvalue weighted by atomic mass is 35.5. The average molecular weight is 484 g/mol. The molecule has 0 radical (unpaired) electrons. The van der Waals surface area contributed by atoms with Gasteiger partial charge in [0, 0.05) is 24.4 Å². The number of pyridine rings is 1. The van der Waals surface area contributed by atoms with Gasteiger partial charge in [0.25, 0.3) is 5.91 Å². The normalized spacial score (nSPS) is 21.0. The van der Waals surface area contributed by atoms with Gasteiger partial charge < -0.3 is 10.6 Å². The molecule has 0 bridgehead atoms. The van der Waals surface area contributed by atoms with Crippen LogP contribution in [-0.2, 0) is 22.6 Å². The summed E-state index contributed by atoms with van der Waals surface area (Å²) in [6.07, 6.45) is 3.34. The summed E-state index contributed by atoms with van der Waals surface area (Å²) in [7, 11) is 0. The van der Waals surface area contributed by atoms with Crippen molar-refractivity contribution < 1.29 is 18.8 Å². The number of carbonyl (C=O) groups excluding carboxylic acids is 3. The topological polar surface area (TPSA) is 111 Å². The Morgan fingerprint density at radius 2 is 2.06 bits per heavy atom. The van der Waals surface area contributed by atoms with Crippen LogP contribution in [0.5, 0.6) is 0 Å². The van der Waals surface area contributed by atoms with E-state index in [0.717, 1.165) is 6.42 Å². The number of primary amides is 1. The molecule has 2 aromatic heterocycles. The predicted molar refractivity (Wildman–Crippen MR) is 123 cm³/mol. The van der Waals surface area contributed by atoms with Crippen molar-refractivity contribution in [3.63, 3.8) is 0 Å². The summed E-state index contributed by atoms with van der Waals surface area (Å²) in [6, 6.07) is 5.96. The van der Waals surface area contributed by atoms with E-state index in [-0.39, 0.29) is 47.8 Å². The minimum absolute atomic E-state index is 0.0241. The number of ketones is 1. The summed E-state index contributed by atoms with van der Waals surface area (Å²) in [5.74, 6) is -1.25. The lowest BCUT2D eigenvalue weighted by Gasteiger charge is -2.27. The summed E-state index contributed by atoms with van der Waals surface area (Å²) >= 11 is 5.84. The molecular formula is C24H23ClFN5O3. The van der Waals surface area contributed by atoms with E-state index in [1.807, 2.05) is 0 Å². The van der Waals surface area contributed by atoms with Crippen LogP contribution in [0.3, 0.4) is 0 Å². The van der Waals surface area contributed by atoms with E-state index >= 15 is 0 Å². The quantitative estimate of drug-likeness (QED) is 0.555. The third-order valence-corrected chi connectivity index (χ3v) is 7.02. The Hall–Kier alpha value is -3.33. The average Bonchev–Trinajstić information content (AvgIpc) is 3.31. The van der Waals surface area contributed by atoms with Gasteiger partial charge in [-0.15, -0.1) is 0 Å². The number of nitrogens with two attached hydrogens (primary N) is 1. The zero-order chi connectivity index (χ0) is 24.1. The number of fused-ring (bicyclic) bond motifs is 2. The van der Waals surface area contributed by atoms with Crippen molar-refractivity contribution in [3.05, 3.63) is 58.3 Å². The van der Waals surface area contributed by atoms with Crippen LogP contribution < -0.4 is 5.73 Å². The van der Waals surface area contributed by atoms with Gasteiger partial charge in [0.15, 0.2) is 11.5 Å². The maximum absolute atomic E-state index is 14.2. The Morgan fingerprint density at radius 1 is 1.26 bits per heavy atom. The molecule has 1 saturated carbocycles. The first-order valence-electron chi connectivity index (χ1n) is 11.1. The molecule has 5 rings (SSSR count). The minimum Gasteiger partial charge on any atom is -0.364 e. The number of hydrogen-bond acceptors (Lipinski definition) is 5. The second-order valence-corrected chi connectivity index (χ2v) is 9.42. The first-order chi connectivity index (χ1) is 16.2. The largest absolute Gasteiger partial charge is 0.364 e. The zero-order valence-corrected chi connectivity index (χ0v) is 19.3.